The molecule has 3 heteroatoms. The Kier molecular flexibility index (Phi) is 5.58. The van der Waals surface area contributed by atoms with E-state index in [9.17, 15) is 0 Å². The second-order valence-corrected chi connectivity index (χ2v) is 5.22. The van der Waals surface area contributed by atoms with Crippen LogP contribution in [0.1, 0.15) is 26.7 Å². The highest BCUT2D eigenvalue weighted by Crippen LogP contribution is 2.11. The molecule has 0 amide bonds. The van der Waals surface area contributed by atoms with Gasteiger partial charge in [-0.25, -0.2) is 0 Å². The summed E-state index contributed by atoms with van der Waals surface area (Å²) in [6.45, 7) is 10.2. The summed E-state index contributed by atoms with van der Waals surface area (Å²) < 4.78 is 0. The minimum Gasteiger partial charge on any atom is -0.329 e. The van der Waals surface area contributed by atoms with E-state index in [1.807, 2.05) is 0 Å². The molecule has 15 heavy (non-hydrogen) atoms. The fraction of sp³-hybridized carbons (Fsp3) is 1.00. The Balaban J connectivity index is 2.43. The van der Waals surface area contributed by atoms with Crippen LogP contribution in [0.2, 0.25) is 0 Å². The number of hydrogen-bond donors (Lipinski definition) is 1. The van der Waals surface area contributed by atoms with E-state index in [2.05, 4.69) is 30.7 Å². The largest absolute Gasteiger partial charge is 0.329 e. The summed E-state index contributed by atoms with van der Waals surface area (Å²) >= 11 is 0. The van der Waals surface area contributed by atoms with Crippen molar-refractivity contribution in [3.8, 4) is 0 Å². The molecule has 1 fully saturated rings. The number of nitrogens with zero attached hydrogens (tertiary/aromatic N) is 2. The van der Waals surface area contributed by atoms with E-state index in [0.29, 0.717) is 6.04 Å². The van der Waals surface area contributed by atoms with E-state index in [0.717, 1.165) is 19.0 Å². The normalized spacial score (nSPS) is 25.8. The third-order valence-electron chi connectivity index (χ3n) is 3.29. The van der Waals surface area contributed by atoms with Gasteiger partial charge in [0, 0.05) is 19.1 Å². The van der Waals surface area contributed by atoms with Gasteiger partial charge in [0.2, 0.25) is 0 Å². The molecule has 90 valence electrons. The fourth-order valence-corrected chi connectivity index (χ4v) is 2.23. The van der Waals surface area contributed by atoms with Crippen molar-refractivity contribution in [1.29, 1.82) is 0 Å². The van der Waals surface area contributed by atoms with Crippen LogP contribution in [0.4, 0.5) is 0 Å². The average molecular weight is 213 g/mol. The van der Waals surface area contributed by atoms with Crippen molar-refractivity contribution in [2.24, 2.45) is 11.7 Å². The second kappa shape index (κ2) is 6.46. The summed E-state index contributed by atoms with van der Waals surface area (Å²) in [5.41, 5.74) is 5.86. The summed E-state index contributed by atoms with van der Waals surface area (Å²) in [6, 6.07) is 0.566. The van der Waals surface area contributed by atoms with Gasteiger partial charge in [-0.05, 0) is 45.4 Å². The van der Waals surface area contributed by atoms with Crippen LogP contribution in [0.3, 0.4) is 0 Å². The van der Waals surface area contributed by atoms with E-state index in [4.69, 9.17) is 5.73 Å². The van der Waals surface area contributed by atoms with Crippen molar-refractivity contribution < 1.29 is 0 Å². The molecule has 0 aromatic rings. The van der Waals surface area contributed by atoms with Crippen LogP contribution in [-0.2, 0) is 0 Å². The topological polar surface area (TPSA) is 32.5 Å². The van der Waals surface area contributed by atoms with Crippen LogP contribution >= 0.6 is 0 Å². The fourth-order valence-electron chi connectivity index (χ4n) is 2.23. The molecule has 0 radical (unpaired) electrons. The third-order valence-corrected chi connectivity index (χ3v) is 3.29. The van der Waals surface area contributed by atoms with Crippen LogP contribution in [0.25, 0.3) is 0 Å². The van der Waals surface area contributed by atoms with E-state index in [1.165, 1.54) is 32.5 Å². The van der Waals surface area contributed by atoms with Crippen molar-refractivity contribution in [1.82, 2.24) is 9.80 Å². The van der Waals surface area contributed by atoms with Gasteiger partial charge in [0.1, 0.15) is 0 Å². The summed E-state index contributed by atoms with van der Waals surface area (Å²) in [7, 11) is 2.20. The summed E-state index contributed by atoms with van der Waals surface area (Å²) in [5, 5.41) is 0. The molecule has 0 aliphatic carbocycles. The van der Waals surface area contributed by atoms with Gasteiger partial charge in [-0.3, -0.25) is 4.90 Å². The Bertz CT molecular complexity index is 170. The maximum Gasteiger partial charge on any atom is 0.0345 e. The molecular weight excluding hydrogens is 186 g/mol. The molecule has 1 aliphatic rings. The SMILES string of the molecule is CC(C)CCN1CCCN(C)CC1CN. The highest BCUT2D eigenvalue weighted by atomic mass is 15.2. The Morgan fingerprint density at radius 3 is 2.67 bits per heavy atom. The lowest BCUT2D eigenvalue weighted by molar-refractivity contribution is 0.184. The van der Waals surface area contributed by atoms with Gasteiger partial charge in [-0.2, -0.15) is 0 Å². The molecular formula is C12H27N3. The van der Waals surface area contributed by atoms with Crippen LogP contribution in [0.5, 0.6) is 0 Å². The predicted molar refractivity (Wildman–Crippen MR) is 66.0 cm³/mol. The second-order valence-electron chi connectivity index (χ2n) is 5.22. The number of hydrogen-bond acceptors (Lipinski definition) is 3. The highest BCUT2D eigenvalue weighted by Gasteiger charge is 2.21. The number of nitrogens with two attached hydrogens (primary N) is 1. The van der Waals surface area contributed by atoms with Gasteiger partial charge in [0.05, 0.1) is 0 Å². The van der Waals surface area contributed by atoms with Crippen LogP contribution in [0, 0.1) is 5.92 Å². The van der Waals surface area contributed by atoms with Crippen LogP contribution in [-0.4, -0.2) is 55.6 Å². The minimum atomic E-state index is 0.566. The zero-order valence-electron chi connectivity index (χ0n) is 10.6. The molecule has 1 heterocycles. The van der Waals surface area contributed by atoms with Crippen molar-refractivity contribution in [2.45, 2.75) is 32.7 Å². The first-order valence-corrected chi connectivity index (χ1v) is 6.26. The van der Waals surface area contributed by atoms with Gasteiger partial charge in [-0.1, -0.05) is 13.8 Å². The van der Waals surface area contributed by atoms with Gasteiger partial charge in [0.25, 0.3) is 0 Å². The first kappa shape index (κ1) is 12.9. The maximum absolute atomic E-state index is 5.86. The van der Waals surface area contributed by atoms with Gasteiger partial charge < -0.3 is 10.6 Å². The molecule has 0 saturated carbocycles. The summed E-state index contributed by atoms with van der Waals surface area (Å²) in [5.74, 6) is 0.796. The van der Waals surface area contributed by atoms with Crippen molar-refractivity contribution in [2.75, 3.05) is 39.8 Å². The zero-order chi connectivity index (χ0) is 11.3. The minimum absolute atomic E-state index is 0.566. The van der Waals surface area contributed by atoms with E-state index in [1.54, 1.807) is 0 Å². The number of rotatable bonds is 4. The predicted octanol–water partition coefficient (Wildman–Crippen LogP) is 0.997. The van der Waals surface area contributed by atoms with Gasteiger partial charge >= 0.3 is 0 Å². The van der Waals surface area contributed by atoms with Crippen molar-refractivity contribution in [3.63, 3.8) is 0 Å². The molecule has 1 rings (SSSR count). The molecule has 0 aromatic carbocycles. The maximum atomic E-state index is 5.86. The van der Waals surface area contributed by atoms with Gasteiger partial charge in [-0.15, -0.1) is 0 Å². The van der Waals surface area contributed by atoms with Crippen molar-refractivity contribution >= 4 is 0 Å². The quantitative estimate of drug-likeness (QED) is 0.756. The van der Waals surface area contributed by atoms with Crippen molar-refractivity contribution in [3.05, 3.63) is 0 Å². The summed E-state index contributed by atoms with van der Waals surface area (Å²) in [6.07, 6.45) is 2.57. The standard InChI is InChI=1S/C12H27N3/c1-11(2)5-8-15-7-4-6-14(3)10-12(15)9-13/h11-12H,4-10,13H2,1-3H3. The lowest BCUT2D eigenvalue weighted by Gasteiger charge is -2.30. The Hall–Kier alpha value is -0.120. The molecule has 1 atom stereocenters. The average Bonchev–Trinajstić information content (AvgIpc) is 2.36. The first-order chi connectivity index (χ1) is 7.13. The van der Waals surface area contributed by atoms with Crippen LogP contribution < -0.4 is 5.73 Å². The molecule has 3 nitrogen and oxygen atoms in total. The molecule has 0 spiro atoms. The lowest BCUT2D eigenvalue weighted by Crippen LogP contribution is -2.45. The number of likely N-dealkylation sites (N-methyl/N-ethyl adjacent to an activating group) is 1. The van der Waals surface area contributed by atoms with E-state index in [-0.39, 0.29) is 0 Å². The molecule has 1 aliphatic heterocycles. The highest BCUT2D eigenvalue weighted by molar-refractivity contribution is 4.79. The third kappa shape index (κ3) is 4.49. The van der Waals surface area contributed by atoms with Crippen LogP contribution in [0.15, 0.2) is 0 Å². The summed E-state index contributed by atoms with van der Waals surface area (Å²) in [4.78, 5) is 5.00. The van der Waals surface area contributed by atoms with Gasteiger partial charge in [0.15, 0.2) is 0 Å². The van der Waals surface area contributed by atoms with E-state index >= 15 is 0 Å². The lowest BCUT2D eigenvalue weighted by atomic mass is 10.1. The van der Waals surface area contributed by atoms with E-state index < -0.39 is 0 Å². The molecule has 0 aromatic heterocycles. The molecule has 2 N–H and O–H groups in total. The molecule has 0 bridgehead atoms. The smallest absolute Gasteiger partial charge is 0.0345 e. The molecule has 1 unspecified atom stereocenters. The first-order valence-electron chi connectivity index (χ1n) is 6.26. The Morgan fingerprint density at radius 2 is 2.07 bits per heavy atom. The Labute approximate surface area is 94.6 Å². The molecule has 1 saturated heterocycles. The Morgan fingerprint density at radius 1 is 1.33 bits per heavy atom. The zero-order valence-corrected chi connectivity index (χ0v) is 10.6. The monoisotopic (exact) mass is 213 g/mol.